The molecule has 0 fully saturated rings. The highest BCUT2D eigenvalue weighted by atomic mass is 79.9. The Labute approximate surface area is 227 Å². The van der Waals surface area contributed by atoms with Crippen LogP contribution in [0.15, 0.2) is 18.2 Å². The third-order valence-electron chi connectivity index (χ3n) is 5.86. The van der Waals surface area contributed by atoms with Crippen LogP contribution in [0.25, 0.3) is 0 Å². The van der Waals surface area contributed by atoms with Gasteiger partial charge in [-0.15, -0.1) is 17.0 Å². The fraction of sp³-hybridized carbons (Fsp3) is 0.440. The van der Waals surface area contributed by atoms with Gasteiger partial charge in [0.05, 0.1) is 38.3 Å². The van der Waals surface area contributed by atoms with Gasteiger partial charge in [-0.05, 0) is 29.2 Å². The van der Waals surface area contributed by atoms with Crippen molar-refractivity contribution in [1.82, 2.24) is 4.90 Å². The largest absolute Gasteiger partial charge is 0.493 e. The predicted octanol–water partition coefficient (Wildman–Crippen LogP) is 4.15. The van der Waals surface area contributed by atoms with E-state index in [9.17, 15) is 13.2 Å². The quantitative estimate of drug-likeness (QED) is 0.355. The molecular formula is C25H33BrFN3O6S. The molecule has 0 atom stereocenters. The van der Waals surface area contributed by atoms with Crippen molar-refractivity contribution in [2.24, 2.45) is 0 Å². The molecule has 1 aliphatic rings. The van der Waals surface area contributed by atoms with Gasteiger partial charge in [-0.2, -0.15) is 8.42 Å². The maximum absolute atomic E-state index is 15.1. The van der Waals surface area contributed by atoms with E-state index in [2.05, 4.69) is 0 Å². The van der Waals surface area contributed by atoms with E-state index in [4.69, 9.17) is 19.1 Å². The van der Waals surface area contributed by atoms with E-state index in [1.165, 1.54) is 19.1 Å². The van der Waals surface area contributed by atoms with Crippen molar-refractivity contribution in [3.8, 4) is 17.2 Å². The second kappa shape index (κ2) is 10.9. The first-order valence-electron chi connectivity index (χ1n) is 11.1. The number of hydrogen-bond donors (Lipinski definition) is 1. The molecule has 3 rings (SSSR count). The number of methoxy groups -OCH3 is 2. The number of anilines is 1. The number of rotatable bonds is 8. The number of hydrogen-bond acceptors (Lipinski definition) is 8. The number of nitrogens with zero attached hydrogens (tertiary/aromatic N) is 2. The third kappa shape index (κ3) is 6.18. The molecule has 0 aromatic heterocycles. The average Bonchev–Trinajstić information content (AvgIpc) is 3.06. The smallest absolute Gasteiger partial charge is 0.306 e. The van der Waals surface area contributed by atoms with Crippen molar-refractivity contribution in [1.29, 1.82) is 5.41 Å². The van der Waals surface area contributed by atoms with Crippen molar-refractivity contribution in [3.05, 3.63) is 46.3 Å². The van der Waals surface area contributed by atoms with Crippen LogP contribution in [-0.4, -0.2) is 66.1 Å². The fourth-order valence-corrected chi connectivity index (χ4v) is 4.60. The number of fused-ring (bicyclic) bond motifs is 1. The molecule has 12 heteroatoms. The summed E-state index contributed by atoms with van der Waals surface area (Å²) >= 11 is 0. The number of ether oxygens (including phenoxy) is 2. The van der Waals surface area contributed by atoms with Gasteiger partial charge in [0.15, 0.2) is 28.8 Å². The Morgan fingerprint density at radius 1 is 1.14 bits per heavy atom. The summed E-state index contributed by atoms with van der Waals surface area (Å²) in [5.41, 5.74) is 1.34. The first-order valence-corrected chi connectivity index (χ1v) is 13.0. The van der Waals surface area contributed by atoms with Crippen LogP contribution in [0.3, 0.4) is 0 Å². The predicted molar refractivity (Wildman–Crippen MR) is 146 cm³/mol. The van der Waals surface area contributed by atoms with Crippen molar-refractivity contribution in [2.75, 3.05) is 46.0 Å². The van der Waals surface area contributed by atoms with Gasteiger partial charge in [-0.3, -0.25) is 10.2 Å². The van der Waals surface area contributed by atoms with Crippen LogP contribution >= 0.6 is 17.0 Å². The molecule has 1 N–H and O–H groups in total. The van der Waals surface area contributed by atoms with Crippen molar-refractivity contribution >= 4 is 44.4 Å². The summed E-state index contributed by atoms with van der Waals surface area (Å²) in [6.07, 6.45) is 0.970. The molecular weight excluding hydrogens is 569 g/mol. The summed E-state index contributed by atoms with van der Waals surface area (Å²) in [6, 6.07) is 4.79. The van der Waals surface area contributed by atoms with Gasteiger partial charge in [-0.25, -0.2) is 4.39 Å². The number of halogens is 2. The van der Waals surface area contributed by atoms with Crippen molar-refractivity contribution in [3.63, 3.8) is 0 Å². The minimum Gasteiger partial charge on any atom is -0.493 e. The number of carbonyl (C=O) groups is 1. The van der Waals surface area contributed by atoms with Gasteiger partial charge in [0.2, 0.25) is 0 Å². The highest BCUT2D eigenvalue weighted by Gasteiger charge is 2.34. The van der Waals surface area contributed by atoms with Gasteiger partial charge in [0.25, 0.3) is 0 Å². The van der Waals surface area contributed by atoms with E-state index in [-0.39, 0.29) is 64.5 Å². The number of Topliss-reactive ketones (excluding diaryl/α,β-unsaturated/α-hetero) is 1. The Hall–Kier alpha value is -2.86. The lowest BCUT2D eigenvalue weighted by molar-refractivity contribution is 0.0962. The molecule has 0 saturated heterocycles. The zero-order valence-corrected chi connectivity index (χ0v) is 24.7. The van der Waals surface area contributed by atoms with Crippen LogP contribution in [0, 0.1) is 11.2 Å². The summed E-state index contributed by atoms with van der Waals surface area (Å²) in [4.78, 5) is 16.6. The Balaban J connectivity index is 0.00000481. The Morgan fingerprint density at radius 2 is 1.76 bits per heavy atom. The minimum absolute atomic E-state index is 0. The number of nitrogens with one attached hydrogen (secondary N) is 1. The molecule has 1 aliphatic heterocycles. The van der Waals surface area contributed by atoms with Crippen molar-refractivity contribution in [2.45, 2.75) is 32.7 Å². The zero-order valence-electron chi connectivity index (χ0n) is 22.2. The normalized spacial score (nSPS) is 13.1. The molecule has 2 aromatic carbocycles. The second-order valence-corrected chi connectivity index (χ2v) is 11.5. The van der Waals surface area contributed by atoms with E-state index in [0.717, 1.165) is 6.26 Å². The monoisotopic (exact) mass is 601 g/mol. The van der Waals surface area contributed by atoms with Crippen LogP contribution in [0.1, 0.15) is 47.8 Å². The molecule has 2 aromatic rings. The SMILES string of the molecule is Br.COc1cc2c(c(F)c1OC)C(=N)N(CC(=O)c1cc(N(C)C)c(OS(C)(=O)=O)c(C(C)(C)C)c1)C2. The molecule has 0 bridgehead atoms. The highest BCUT2D eigenvalue weighted by molar-refractivity contribution is 8.93. The lowest BCUT2D eigenvalue weighted by Gasteiger charge is -2.27. The molecule has 0 amide bonds. The fourth-order valence-electron chi connectivity index (χ4n) is 4.13. The summed E-state index contributed by atoms with van der Waals surface area (Å²) in [7, 11) is 2.34. The lowest BCUT2D eigenvalue weighted by Crippen LogP contribution is -2.31. The Kier molecular flexibility index (Phi) is 8.91. The van der Waals surface area contributed by atoms with E-state index >= 15 is 4.39 Å². The van der Waals surface area contributed by atoms with Crippen molar-refractivity contribution < 1.29 is 31.3 Å². The summed E-state index contributed by atoms with van der Waals surface area (Å²) in [5.74, 6) is -0.875. The molecule has 0 saturated carbocycles. The van der Waals surface area contributed by atoms with Crippen LogP contribution in [-0.2, 0) is 22.1 Å². The molecule has 1 heterocycles. The van der Waals surface area contributed by atoms with Gasteiger partial charge >= 0.3 is 10.1 Å². The van der Waals surface area contributed by atoms with Gasteiger partial charge < -0.3 is 23.5 Å². The molecule has 0 unspecified atom stereocenters. The van der Waals surface area contributed by atoms with Crippen LogP contribution in [0.4, 0.5) is 10.1 Å². The van der Waals surface area contributed by atoms with E-state index < -0.39 is 21.4 Å². The van der Waals surface area contributed by atoms with Gasteiger partial charge in [-0.1, -0.05) is 20.8 Å². The first kappa shape index (κ1) is 30.4. The minimum atomic E-state index is -3.83. The summed E-state index contributed by atoms with van der Waals surface area (Å²) in [6.45, 7) is 5.64. The number of benzene rings is 2. The zero-order chi connectivity index (χ0) is 27.2. The van der Waals surface area contributed by atoms with E-state index in [1.807, 2.05) is 20.8 Å². The summed E-state index contributed by atoms with van der Waals surface area (Å²) < 4.78 is 54.7. The molecule has 0 aliphatic carbocycles. The second-order valence-electron chi connectivity index (χ2n) is 9.89. The maximum Gasteiger partial charge on any atom is 0.306 e. The average molecular weight is 603 g/mol. The van der Waals surface area contributed by atoms with Crippen LogP contribution in [0.5, 0.6) is 17.2 Å². The summed E-state index contributed by atoms with van der Waals surface area (Å²) in [5, 5.41) is 8.51. The van der Waals surface area contributed by atoms with E-state index in [1.54, 1.807) is 37.2 Å². The first-order chi connectivity index (χ1) is 16.6. The molecule has 204 valence electrons. The molecule has 37 heavy (non-hydrogen) atoms. The highest BCUT2D eigenvalue weighted by Crippen LogP contribution is 2.41. The topological polar surface area (TPSA) is 109 Å². The Morgan fingerprint density at radius 3 is 2.24 bits per heavy atom. The third-order valence-corrected chi connectivity index (χ3v) is 6.33. The number of amidine groups is 1. The lowest BCUT2D eigenvalue weighted by atomic mass is 9.84. The maximum atomic E-state index is 15.1. The molecule has 9 nitrogen and oxygen atoms in total. The Bertz CT molecular complexity index is 1340. The van der Waals surface area contributed by atoms with Gasteiger partial charge in [0.1, 0.15) is 5.84 Å². The molecule has 0 radical (unpaired) electrons. The van der Waals surface area contributed by atoms with Gasteiger partial charge in [0, 0.05) is 31.8 Å². The number of ketones is 1. The number of carbonyl (C=O) groups excluding carboxylic acids is 1. The molecule has 0 spiro atoms. The van der Waals surface area contributed by atoms with E-state index in [0.29, 0.717) is 22.4 Å². The van der Waals surface area contributed by atoms with Crippen LogP contribution < -0.4 is 18.6 Å². The van der Waals surface area contributed by atoms with Crippen LogP contribution in [0.2, 0.25) is 0 Å². The standard InChI is InChI=1S/C25H32FN3O6S.BrH/c1-25(2,3)16-9-14(10-17(28(4)5)22(16)35-36(8,31)32)18(30)13-29-12-15-11-19(33-6)23(34-7)21(26)20(15)24(29)27;/h9-11,27H,12-13H2,1-8H3;1H.